The summed E-state index contributed by atoms with van der Waals surface area (Å²) in [5, 5.41) is 0. The summed E-state index contributed by atoms with van der Waals surface area (Å²) >= 11 is 0. The van der Waals surface area contributed by atoms with Gasteiger partial charge in [-0.1, -0.05) is 51.2 Å². The van der Waals surface area contributed by atoms with Gasteiger partial charge >= 0.3 is 0 Å². The second kappa shape index (κ2) is 12.0. The summed E-state index contributed by atoms with van der Waals surface area (Å²) in [6.07, 6.45) is 12.2. The monoisotopic (exact) mass is 331 g/mol. The lowest BCUT2D eigenvalue weighted by molar-refractivity contribution is -0.0376. The summed E-state index contributed by atoms with van der Waals surface area (Å²) in [5.41, 5.74) is 4.08. The van der Waals surface area contributed by atoms with Crippen molar-refractivity contribution in [2.24, 2.45) is 4.99 Å². The molecule has 0 amide bonds. The highest BCUT2D eigenvalue weighted by molar-refractivity contribution is 5.97. The number of aliphatic imine (C=N–C) groups is 1. The summed E-state index contributed by atoms with van der Waals surface area (Å²) in [5.74, 6) is 0. The minimum Gasteiger partial charge on any atom is -0.375 e. The zero-order valence-corrected chi connectivity index (χ0v) is 16.9. The molecular weight excluding hydrogens is 294 g/mol. The van der Waals surface area contributed by atoms with Crippen LogP contribution in [0.2, 0.25) is 0 Å². The van der Waals surface area contributed by atoms with Gasteiger partial charge < -0.3 is 4.74 Å². The van der Waals surface area contributed by atoms with Crippen LogP contribution in [0.25, 0.3) is 0 Å². The third-order valence-electron chi connectivity index (χ3n) is 4.00. The molecule has 1 unspecified atom stereocenters. The number of rotatable bonds is 11. The maximum Gasteiger partial charge on any atom is 0.0709 e. The molecule has 0 saturated carbocycles. The van der Waals surface area contributed by atoms with E-state index in [1.165, 1.54) is 5.57 Å². The fraction of sp³-hybridized carbons (Fsp3) is 0.591. The van der Waals surface area contributed by atoms with Crippen LogP contribution in [-0.2, 0) is 4.74 Å². The third kappa shape index (κ3) is 9.02. The topological polar surface area (TPSA) is 21.6 Å². The smallest absolute Gasteiger partial charge is 0.0709 e. The predicted octanol–water partition coefficient (Wildman–Crippen LogP) is 6.81. The van der Waals surface area contributed by atoms with Gasteiger partial charge in [0, 0.05) is 24.4 Å². The molecule has 0 aromatic rings. The van der Waals surface area contributed by atoms with Crippen molar-refractivity contribution >= 4 is 5.71 Å². The Labute approximate surface area is 150 Å². The van der Waals surface area contributed by atoms with E-state index in [9.17, 15) is 0 Å². The van der Waals surface area contributed by atoms with E-state index in [-0.39, 0.29) is 5.60 Å². The van der Waals surface area contributed by atoms with Crippen LogP contribution in [-0.4, -0.2) is 17.9 Å². The zero-order valence-electron chi connectivity index (χ0n) is 16.9. The standard InChI is InChI=1S/C22H37NO/c1-9-12-13-14-19(6)21(23-20(7)18(4)5)17-22(8,15-10-2)24-16-11-3/h9,12-14H,4,10-11,15-17H2,1-3,5-8H3/b12-9-,14-13-,21-19+,23-20?. The molecular formula is C22H37NO. The van der Waals surface area contributed by atoms with Crippen molar-refractivity contribution in [1.29, 1.82) is 0 Å². The molecule has 24 heavy (non-hydrogen) atoms. The Hall–Kier alpha value is -1.41. The first-order valence-electron chi connectivity index (χ1n) is 9.13. The zero-order chi connectivity index (χ0) is 18.6. The van der Waals surface area contributed by atoms with Crippen LogP contribution in [0.15, 0.2) is 52.7 Å². The van der Waals surface area contributed by atoms with Crippen molar-refractivity contribution in [3.05, 3.63) is 47.7 Å². The van der Waals surface area contributed by atoms with Crippen molar-refractivity contribution < 1.29 is 4.74 Å². The first-order valence-corrected chi connectivity index (χ1v) is 9.13. The van der Waals surface area contributed by atoms with Gasteiger partial charge in [-0.3, -0.25) is 4.99 Å². The van der Waals surface area contributed by atoms with Gasteiger partial charge in [0.25, 0.3) is 0 Å². The van der Waals surface area contributed by atoms with Gasteiger partial charge in [-0.15, -0.1) is 0 Å². The molecule has 136 valence electrons. The maximum atomic E-state index is 6.20. The highest BCUT2D eigenvalue weighted by atomic mass is 16.5. The molecule has 0 rings (SSSR count). The van der Waals surface area contributed by atoms with Gasteiger partial charge in [0.1, 0.15) is 0 Å². The van der Waals surface area contributed by atoms with E-state index in [1.807, 2.05) is 32.9 Å². The molecule has 0 heterocycles. The molecule has 0 aromatic heterocycles. The molecule has 2 nitrogen and oxygen atoms in total. The molecule has 0 fully saturated rings. The molecule has 1 atom stereocenters. The average Bonchev–Trinajstić information content (AvgIpc) is 2.52. The van der Waals surface area contributed by atoms with Crippen molar-refractivity contribution in [2.75, 3.05) is 6.61 Å². The molecule has 0 aliphatic carbocycles. The van der Waals surface area contributed by atoms with Crippen molar-refractivity contribution in [2.45, 2.75) is 79.8 Å². The van der Waals surface area contributed by atoms with Crippen molar-refractivity contribution in [1.82, 2.24) is 0 Å². The normalized spacial score (nSPS) is 16.5. The van der Waals surface area contributed by atoms with E-state index >= 15 is 0 Å². The minimum absolute atomic E-state index is 0.172. The Bertz CT molecular complexity index is 508. The first kappa shape index (κ1) is 22.6. The third-order valence-corrected chi connectivity index (χ3v) is 4.00. The lowest BCUT2D eigenvalue weighted by atomic mass is 9.92. The minimum atomic E-state index is -0.172. The number of hydrogen-bond acceptors (Lipinski definition) is 2. The van der Waals surface area contributed by atoms with Crippen molar-refractivity contribution in [3.8, 4) is 0 Å². The molecule has 0 bridgehead atoms. The first-order chi connectivity index (χ1) is 11.3. The molecule has 0 aliphatic rings. The summed E-state index contributed by atoms with van der Waals surface area (Å²) < 4.78 is 6.20. The van der Waals surface area contributed by atoms with Gasteiger partial charge in [0.2, 0.25) is 0 Å². The second-order valence-corrected chi connectivity index (χ2v) is 6.72. The van der Waals surface area contributed by atoms with Gasteiger partial charge in [0.05, 0.1) is 5.60 Å². The molecule has 0 N–H and O–H groups in total. The van der Waals surface area contributed by atoms with Crippen LogP contribution in [0, 0.1) is 0 Å². The highest BCUT2D eigenvalue weighted by Crippen LogP contribution is 2.29. The van der Waals surface area contributed by atoms with E-state index in [4.69, 9.17) is 9.73 Å². The van der Waals surface area contributed by atoms with E-state index in [2.05, 4.69) is 46.4 Å². The number of allylic oxidation sites excluding steroid dienone is 6. The number of hydrogen-bond donors (Lipinski definition) is 0. The Morgan fingerprint density at radius 1 is 1.12 bits per heavy atom. The lowest BCUT2D eigenvalue weighted by Crippen LogP contribution is -2.30. The summed E-state index contributed by atoms with van der Waals surface area (Å²) in [6, 6.07) is 0. The van der Waals surface area contributed by atoms with E-state index in [1.54, 1.807) is 0 Å². The molecule has 0 saturated heterocycles. The van der Waals surface area contributed by atoms with E-state index < -0.39 is 0 Å². The molecule has 2 heteroatoms. The van der Waals surface area contributed by atoms with Crippen LogP contribution >= 0.6 is 0 Å². The van der Waals surface area contributed by atoms with Gasteiger partial charge in [-0.25, -0.2) is 0 Å². The Balaban J connectivity index is 5.71. The average molecular weight is 332 g/mol. The van der Waals surface area contributed by atoms with Crippen LogP contribution in [0.4, 0.5) is 0 Å². The van der Waals surface area contributed by atoms with E-state index in [0.717, 1.165) is 49.3 Å². The Morgan fingerprint density at radius 2 is 1.79 bits per heavy atom. The number of ether oxygens (including phenoxy) is 1. The maximum absolute atomic E-state index is 6.20. The van der Waals surface area contributed by atoms with Crippen LogP contribution in [0.1, 0.15) is 74.1 Å². The Morgan fingerprint density at radius 3 is 2.29 bits per heavy atom. The summed E-state index contributed by atoms with van der Waals surface area (Å²) in [4.78, 5) is 4.87. The van der Waals surface area contributed by atoms with E-state index in [0.29, 0.717) is 0 Å². The second-order valence-electron chi connectivity index (χ2n) is 6.72. The SMILES string of the molecule is C=C(C)C(C)=N/C(CC(C)(CCC)OCCC)=C(C)/C=C\C=C/C. The molecule has 0 spiro atoms. The highest BCUT2D eigenvalue weighted by Gasteiger charge is 2.26. The lowest BCUT2D eigenvalue weighted by Gasteiger charge is -2.30. The molecule has 0 aliphatic heterocycles. The quantitative estimate of drug-likeness (QED) is 0.301. The molecule has 0 radical (unpaired) electrons. The van der Waals surface area contributed by atoms with Gasteiger partial charge in [-0.2, -0.15) is 0 Å². The van der Waals surface area contributed by atoms with Gasteiger partial charge in [-0.05, 0) is 58.6 Å². The van der Waals surface area contributed by atoms with Crippen LogP contribution in [0.3, 0.4) is 0 Å². The fourth-order valence-electron chi connectivity index (χ4n) is 2.42. The Kier molecular flexibility index (Phi) is 11.3. The van der Waals surface area contributed by atoms with Crippen molar-refractivity contribution in [3.63, 3.8) is 0 Å². The van der Waals surface area contributed by atoms with Gasteiger partial charge in [0.15, 0.2) is 0 Å². The molecule has 0 aromatic carbocycles. The van der Waals surface area contributed by atoms with Crippen LogP contribution < -0.4 is 0 Å². The summed E-state index contributed by atoms with van der Waals surface area (Å²) in [6.45, 7) is 19.5. The fourth-order valence-corrected chi connectivity index (χ4v) is 2.42. The largest absolute Gasteiger partial charge is 0.375 e. The predicted molar refractivity (Wildman–Crippen MR) is 109 cm³/mol. The number of nitrogens with zero attached hydrogens (tertiary/aromatic N) is 1. The van der Waals surface area contributed by atoms with Crippen LogP contribution in [0.5, 0.6) is 0 Å². The summed E-state index contributed by atoms with van der Waals surface area (Å²) in [7, 11) is 0.